The number of hydrogen-bond acceptors (Lipinski definition) is 6. The number of aldehydes is 1. The predicted octanol–water partition coefficient (Wildman–Crippen LogP) is 1.98. The molecule has 108 valence electrons. The molecule has 0 unspecified atom stereocenters. The van der Waals surface area contributed by atoms with Crippen LogP contribution in [0.25, 0.3) is 0 Å². The molecule has 20 heavy (non-hydrogen) atoms. The molecule has 7 heteroatoms. The molecule has 0 fully saturated rings. The number of nitro benzene ring substituents is 1. The molecular weight excluding hydrogens is 266 g/mol. The largest absolute Gasteiger partial charge is 0.502 e. The molecule has 0 bridgehead atoms. The molecule has 0 aliphatic heterocycles. The number of carbonyl (C=O) groups excluding carboxylic acids is 3. The maximum Gasteiger partial charge on any atom is 0.311 e. The van der Waals surface area contributed by atoms with Crippen molar-refractivity contribution in [3.05, 3.63) is 33.4 Å². The second-order valence-electron chi connectivity index (χ2n) is 4.05. The smallest absolute Gasteiger partial charge is 0.311 e. The summed E-state index contributed by atoms with van der Waals surface area (Å²) in [4.78, 5) is 40.0. The van der Waals surface area contributed by atoms with Crippen molar-refractivity contribution in [2.45, 2.75) is 27.2 Å². The summed E-state index contributed by atoms with van der Waals surface area (Å²) in [6.45, 7) is 4.21. The second-order valence-corrected chi connectivity index (χ2v) is 4.05. The van der Waals surface area contributed by atoms with Crippen LogP contribution in [0.15, 0.2) is 12.1 Å². The Morgan fingerprint density at radius 3 is 2.20 bits per heavy atom. The van der Waals surface area contributed by atoms with E-state index < -0.39 is 10.6 Å². The summed E-state index contributed by atoms with van der Waals surface area (Å²) in [5.41, 5.74) is 0.117. The van der Waals surface area contributed by atoms with Crippen molar-refractivity contribution >= 4 is 23.5 Å². The third kappa shape index (κ3) is 5.38. The number of nitro groups is 1. The number of rotatable bonds is 4. The Labute approximate surface area is 115 Å². The summed E-state index contributed by atoms with van der Waals surface area (Å²) in [6, 6.07) is 2.50. The highest BCUT2D eigenvalue weighted by molar-refractivity contribution is 5.95. The van der Waals surface area contributed by atoms with Gasteiger partial charge < -0.3 is 9.90 Å². The number of carbonyl (C=O) groups is 3. The van der Waals surface area contributed by atoms with E-state index in [9.17, 15) is 29.6 Å². The molecule has 0 aromatic heterocycles. The van der Waals surface area contributed by atoms with Gasteiger partial charge in [-0.1, -0.05) is 0 Å². The van der Waals surface area contributed by atoms with E-state index in [4.69, 9.17) is 0 Å². The highest BCUT2D eigenvalue weighted by Crippen LogP contribution is 2.30. The lowest BCUT2D eigenvalue weighted by atomic mass is 10.1. The molecule has 0 radical (unpaired) electrons. The van der Waals surface area contributed by atoms with Gasteiger partial charge in [0.25, 0.3) is 0 Å². The molecule has 1 rings (SSSR count). The Morgan fingerprint density at radius 1 is 1.35 bits per heavy atom. The van der Waals surface area contributed by atoms with E-state index in [-0.39, 0.29) is 29.3 Å². The summed E-state index contributed by atoms with van der Waals surface area (Å²) >= 11 is 0. The van der Waals surface area contributed by atoms with Crippen LogP contribution in [0.1, 0.15) is 36.2 Å². The maximum absolute atomic E-state index is 11.0. The molecule has 1 aromatic rings. The van der Waals surface area contributed by atoms with Crippen molar-refractivity contribution < 1.29 is 24.4 Å². The number of phenols is 1. The Bertz CT molecular complexity index is 550. The maximum atomic E-state index is 11.0. The monoisotopic (exact) mass is 281 g/mol. The minimum atomic E-state index is -0.714. The van der Waals surface area contributed by atoms with Crippen molar-refractivity contribution in [1.82, 2.24) is 0 Å². The normalized spacial score (nSPS) is 9.15. The third-order valence-corrected chi connectivity index (χ3v) is 2.25. The van der Waals surface area contributed by atoms with Crippen LogP contribution >= 0.6 is 0 Å². The Balaban J connectivity index is 0.000000511. The van der Waals surface area contributed by atoms with Crippen LogP contribution in [0.5, 0.6) is 5.75 Å². The van der Waals surface area contributed by atoms with Crippen LogP contribution in [0.3, 0.4) is 0 Å². The van der Waals surface area contributed by atoms with Gasteiger partial charge in [0.05, 0.1) is 11.3 Å². The van der Waals surface area contributed by atoms with Gasteiger partial charge in [0.2, 0.25) is 0 Å². The van der Waals surface area contributed by atoms with E-state index in [2.05, 4.69) is 0 Å². The van der Waals surface area contributed by atoms with Crippen LogP contribution in [0.2, 0.25) is 0 Å². The van der Waals surface area contributed by atoms with Crippen molar-refractivity contribution in [2.75, 3.05) is 0 Å². The quantitative estimate of drug-likeness (QED) is 0.296. The minimum absolute atomic E-state index is 0.0556. The van der Waals surface area contributed by atoms with Crippen LogP contribution in [0.4, 0.5) is 5.69 Å². The molecule has 0 amide bonds. The molecular formula is C13H15NO6. The van der Waals surface area contributed by atoms with Crippen molar-refractivity contribution in [3.8, 4) is 5.75 Å². The van der Waals surface area contributed by atoms with Gasteiger partial charge in [-0.15, -0.1) is 0 Å². The van der Waals surface area contributed by atoms with Gasteiger partial charge in [-0.05, 0) is 32.4 Å². The zero-order chi connectivity index (χ0) is 15.9. The first-order chi connectivity index (χ1) is 9.20. The van der Waals surface area contributed by atoms with Crippen molar-refractivity contribution in [2.24, 2.45) is 0 Å². The Hall–Kier alpha value is -2.57. The van der Waals surface area contributed by atoms with Gasteiger partial charge in [-0.3, -0.25) is 19.7 Å². The molecule has 1 aromatic carbocycles. The van der Waals surface area contributed by atoms with Gasteiger partial charge >= 0.3 is 5.69 Å². The summed E-state index contributed by atoms with van der Waals surface area (Å²) < 4.78 is 0. The number of Topliss-reactive ketones (excluding diaryl/α,β-unsaturated/α-hetero) is 2. The van der Waals surface area contributed by atoms with Gasteiger partial charge in [0, 0.05) is 11.6 Å². The average Bonchev–Trinajstić information content (AvgIpc) is 2.32. The van der Waals surface area contributed by atoms with E-state index in [1.165, 1.54) is 26.8 Å². The van der Waals surface area contributed by atoms with E-state index in [1.54, 1.807) is 0 Å². The molecule has 0 spiro atoms. The molecule has 7 nitrogen and oxygen atoms in total. The fourth-order valence-corrected chi connectivity index (χ4v) is 1.22. The first-order valence-electron chi connectivity index (χ1n) is 5.62. The number of ketones is 2. The number of aromatic hydroxyl groups is 1. The molecule has 0 heterocycles. The molecule has 1 N–H and O–H groups in total. The number of benzene rings is 1. The molecule has 0 aliphatic carbocycles. The first-order valence-corrected chi connectivity index (χ1v) is 5.62. The van der Waals surface area contributed by atoms with Gasteiger partial charge in [-0.2, -0.15) is 0 Å². The lowest BCUT2D eigenvalue weighted by Gasteiger charge is -2.02. The zero-order valence-electron chi connectivity index (χ0n) is 11.4. The Kier molecular flexibility index (Phi) is 6.78. The van der Waals surface area contributed by atoms with Crippen LogP contribution in [0, 0.1) is 17.0 Å². The minimum Gasteiger partial charge on any atom is -0.502 e. The lowest BCUT2D eigenvalue weighted by molar-refractivity contribution is -0.385. The number of nitrogens with zero attached hydrogens (tertiary/aromatic N) is 1. The number of hydrogen-bond donors (Lipinski definition) is 1. The SMILES string of the molecule is CC(=O)CC=O.CC(=O)c1cc(C)c(O)c([N+](=O)[O-])c1. The fourth-order valence-electron chi connectivity index (χ4n) is 1.22. The molecule has 0 saturated heterocycles. The summed E-state index contributed by atoms with van der Waals surface area (Å²) in [7, 11) is 0. The molecule has 0 saturated carbocycles. The van der Waals surface area contributed by atoms with Crippen LogP contribution in [-0.2, 0) is 9.59 Å². The molecule has 0 atom stereocenters. The van der Waals surface area contributed by atoms with E-state index >= 15 is 0 Å². The topological polar surface area (TPSA) is 115 Å². The average molecular weight is 281 g/mol. The predicted molar refractivity (Wildman–Crippen MR) is 70.9 cm³/mol. The van der Waals surface area contributed by atoms with E-state index in [1.807, 2.05) is 0 Å². The summed E-state index contributed by atoms with van der Waals surface area (Å²) in [5.74, 6) is -0.735. The second kappa shape index (κ2) is 7.78. The fraction of sp³-hybridized carbons (Fsp3) is 0.308. The van der Waals surface area contributed by atoms with E-state index in [0.29, 0.717) is 11.8 Å². The standard InChI is InChI=1S/C9H9NO4.C4H6O2/c1-5-3-7(6(2)11)4-8(9(5)12)10(13)14;1-4(6)2-3-5/h3-4,12H,1-2H3;3H,2H2,1H3. The van der Waals surface area contributed by atoms with E-state index in [0.717, 1.165) is 6.07 Å². The summed E-state index contributed by atoms with van der Waals surface area (Å²) in [6.07, 6.45) is 0.655. The number of phenolic OH excluding ortho intramolecular Hbond substituents is 1. The Morgan fingerprint density at radius 2 is 1.90 bits per heavy atom. The van der Waals surface area contributed by atoms with Gasteiger partial charge in [0.1, 0.15) is 12.1 Å². The first kappa shape index (κ1) is 17.4. The third-order valence-electron chi connectivity index (χ3n) is 2.25. The number of aryl methyl sites for hydroxylation is 1. The summed E-state index contributed by atoms with van der Waals surface area (Å²) in [5, 5.41) is 19.8. The van der Waals surface area contributed by atoms with Crippen molar-refractivity contribution in [1.29, 1.82) is 0 Å². The highest BCUT2D eigenvalue weighted by Gasteiger charge is 2.18. The van der Waals surface area contributed by atoms with Gasteiger partial charge in [-0.25, -0.2) is 0 Å². The molecule has 0 aliphatic rings. The van der Waals surface area contributed by atoms with Gasteiger partial charge in [0.15, 0.2) is 11.5 Å². The van der Waals surface area contributed by atoms with Crippen LogP contribution in [-0.4, -0.2) is 27.9 Å². The van der Waals surface area contributed by atoms with Crippen molar-refractivity contribution in [3.63, 3.8) is 0 Å². The van der Waals surface area contributed by atoms with Crippen LogP contribution < -0.4 is 0 Å². The highest BCUT2D eigenvalue weighted by atomic mass is 16.6. The zero-order valence-corrected chi connectivity index (χ0v) is 11.4. The lowest BCUT2D eigenvalue weighted by Crippen LogP contribution is -1.97.